The fourth-order valence-corrected chi connectivity index (χ4v) is 0.562. The molecule has 0 aromatic rings. The van der Waals surface area contributed by atoms with Crippen molar-refractivity contribution in [3.8, 4) is 0 Å². The smallest absolute Gasteiger partial charge is 0.343 e. The number of halogens is 7. The van der Waals surface area contributed by atoms with Crippen molar-refractivity contribution < 1.29 is 40.6 Å². The fraction of sp³-hybridized carbons (Fsp3) is 0.167. The molecule has 1 N–H and O–H groups in total. The van der Waals surface area contributed by atoms with E-state index in [1.54, 1.807) is 0 Å². The summed E-state index contributed by atoms with van der Waals surface area (Å²) < 4.78 is 82.9. The van der Waals surface area contributed by atoms with Crippen LogP contribution in [-0.2, 0) is 4.79 Å². The number of allylic oxidation sites excluding steroid dienone is 1. The van der Waals surface area contributed by atoms with E-state index in [0.29, 0.717) is 0 Å². The number of hydrogen-bond acceptors (Lipinski definition) is 1. The lowest BCUT2D eigenvalue weighted by molar-refractivity contribution is -0.136. The zero-order chi connectivity index (χ0) is 12.4. The summed E-state index contributed by atoms with van der Waals surface area (Å²) in [7, 11) is 0. The molecule has 0 saturated carbocycles. The summed E-state index contributed by atoms with van der Waals surface area (Å²) in [5.74, 6) is -12.0. The van der Waals surface area contributed by atoms with Crippen LogP contribution in [0.3, 0.4) is 0 Å². The van der Waals surface area contributed by atoms with Gasteiger partial charge in [0.15, 0.2) is 5.57 Å². The van der Waals surface area contributed by atoms with Crippen LogP contribution in [0.1, 0.15) is 0 Å². The first kappa shape index (κ1) is 13.5. The summed E-state index contributed by atoms with van der Waals surface area (Å²) >= 11 is 0. The number of alkyl halides is 2. The van der Waals surface area contributed by atoms with E-state index >= 15 is 0 Å². The summed E-state index contributed by atoms with van der Waals surface area (Å²) in [6.45, 7) is 0. The van der Waals surface area contributed by atoms with Gasteiger partial charge < -0.3 is 5.11 Å². The van der Waals surface area contributed by atoms with Crippen molar-refractivity contribution >= 4 is 5.97 Å². The van der Waals surface area contributed by atoms with Crippen LogP contribution in [0.2, 0.25) is 0 Å². The Morgan fingerprint density at radius 2 is 1.33 bits per heavy atom. The van der Waals surface area contributed by atoms with Gasteiger partial charge in [0.05, 0.1) is 0 Å². The third kappa shape index (κ3) is 2.70. The van der Waals surface area contributed by atoms with Gasteiger partial charge in [0.1, 0.15) is 0 Å². The highest BCUT2D eigenvalue weighted by Crippen LogP contribution is 2.38. The van der Waals surface area contributed by atoms with Crippen LogP contribution in [-0.4, -0.2) is 17.0 Å². The van der Waals surface area contributed by atoms with E-state index in [-0.39, 0.29) is 0 Å². The van der Waals surface area contributed by atoms with Gasteiger partial charge in [-0.3, -0.25) is 0 Å². The average Bonchev–Trinajstić information content (AvgIpc) is 1.99. The van der Waals surface area contributed by atoms with E-state index in [1.807, 2.05) is 0 Å². The van der Waals surface area contributed by atoms with E-state index < -0.39 is 35.5 Å². The van der Waals surface area contributed by atoms with Gasteiger partial charge >= 0.3 is 18.0 Å². The van der Waals surface area contributed by atoms with Gasteiger partial charge in [-0.1, -0.05) is 0 Å². The number of carboxylic acid groups (broad SMARTS) is 1. The molecule has 0 spiro atoms. The zero-order valence-corrected chi connectivity index (χ0v) is 6.50. The third-order valence-corrected chi connectivity index (χ3v) is 1.16. The van der Waals surface area contributed by atoms with Crippen LogP contribution in [0.4, 0.5) is 30.7 Å². The van der Waals surface area contributed by atoms with Crippen molar-refractivity contribution in [2.24, 2.45) is 0 Å². The molecule has 0 aromatic heterocycles. The molecule has 86 valence electrons. The molecule has 0 aliphatic carbocycles. The SMILES string of the molecule is O=C(O)C(=C(F)F)C(F)(F)C(F)=C(F)F. The van der Waals surface area contributed by atoms with Crippen LogP contribution < -0.4 is 0 Å². The van der Waals surface area contributed by atoms with Crippen LogP contribution in [0.25, 0.3) is 0 Å². The Morgan fingerprint density at radius 1 is 0.933 bits per heavy atom. The van der Waals surface area contributed by atoms with Crippen molar-refractivity contribution in [1.82, 2.24) is 0 Å². The van der Waals surface area contributed by atoms with Gasteiger partial charge in [-0.2, -0.15) is 30.7 Å². The van der Waals surface area contributed by atoms with Gasteiger partial charge in [0, 0.05) is 0 Å². The van der Waals surface area contributed by atoms with E-state index in [0.717, 1.165) is 0 Å². The lowest BCUT2D eigenvalue weighted by Gasteiger charge is -2.12. The quantitative estimate of drug-likeness (QED) is 0.606. The van der Waals surface area contributed by atoms with E-state index in [1.165, 1.54) is 0 Å². The van der Waals surface area contributed by atoms with Crippen molar-refractivity contribution in [2.75, 3.05) is 0 Å². The molecule has 0 unspecified atom stereocenters. The first-order valence-corrected chi connectivity index (χ1v) is 3.00. The molecule has 0 fully saturated rings. The lowest BCUT2D eigenvalue weighted by atomic mass is 10.1. The first-order valence-electron chi connectivity index (χ1n) is 3.00. The van der Waals surface area contributed by atoms with Gasteiger partial charge in [-0.25, -0.2) is 4.79 Å². The molecule has 0 radical (unpaired) electrons. The van der Waals surface area contributed by atoms with Crippen molar-refractivity contribution in [3.63, 3.8) is 0 Å². The Hall–Kier alpha value is -1.54. The molecule has 15 heavy (non-hydrogen) atoms. The number of hydrogen-bond donors (Lipinski definition) is 1. The fourth-order valence-electron chi connectivity index (χ4n) is 0.562. The summed E-state index contributed by atoms with van der Waals surface area (Å²) in [6, 6.07) is 0. The highest BCUT2D eigenvalue weighted by atomic mass is 19.3. The monoisotopic (exact) mass is 238 g/mol. The molecule has 0 bridgehead atoms. The van der Waals surface area contributed by atoms with E-state index in [9.17, 15) is 35.5 Å². The van der Waals surface area contributed by atoms with Crippen molar-refractivity contribution in [3.05, 3.63) is 23.6 Å². The molecule has 0 rings (SSSR count). The van der Waals surface area contributed by atoms with Crippen molar-refractivity contribution in [2.45, 2.75) is 5.92 Å². The van der Waals surface area contributed by atoms with E-state index in [4.69, 9.17) is 5.11 Å². The standard InChI is InChI=1S/C6HF7O2/c7-2(4(10)11)6(12,13)1(3(8)9)5(14)15/h(H,14,15). The normalized spacial score (nSPS) is 10.9. The maximum atomic E-state index is 12.4. The molecule has 9 heteroatoms. The molecule has 0 aromatic carbocycles. The molecule has 0 atom stereocenters. The average molecular weight is 238 g/mol. The van der Waals surface area contributed by atoms with Crippen LogP contribution in [0.15, 0.2) is 23.6 Å². The van der Waals surface area contributed by atoms with E-state index in [2.05, 4.69) is 0 Å². The minimum atomic E-state index is -5.57. The topological polar surface area (TPSA) is 37.3 Å². The summed E-state index contributed by atoms with van der Waals surface area (Å²) in [4.78, 5) is 9.86. The summed E-state index contributed by atoms with van der Waals surface area (Å²) in [6.07, 6.45) is -7.02. The molecule has 2 nitrogen and oxygen atoms in total. The predicted molar refractivity (Wildman–Crippen MR) is 32.2 cm³/mol. The summed E-state index contributed by atoms with van der Waals surface area (Å²) in [5, 5.41) is 7.86. The first-order chi connectivity index (χ1) is 6.62. The Kier molecular flexibility index (Phi) is 3.88. The van der Waals surface area contributed by atoms with Gasteiger partial charge in [-0.15, -0.1) is 0 Å². The molecular weight excluding hydrogens is 237 g/mol. The minimum absolute atomic E-state index is 2.89. The number of rotatable bonds is 3. The Balaban J connectivity index is 5.66. The largest absolute Gasteiger partial charge is 0.478 e. The second-order valence-corrected chi connectivity index (χ2v) is 2.09. The highest BCUT2D eigenvalue weighted by Gasteiger charge is 2.49. The van der Waals surface area contributed by atoms with Crippen molar-refractivity contribution in [1.29, 1.82) is 0 Å². The van der Waals surface area contributed by atoms with Crippen LogP contribution in [0, 0.1) is 0 Å². The van der Waals surface area contributed by atoms with Gasteiger partial charge in [0.25, 0.3) is 6.08 Å². The maximum Gasteiger partial charge on any atom is 0.343 e. The molecule has 0 aliphatic heterocycles. The molecule has 0 heterocycles. The highest BCUT2D eigenvalue weighted by molar-refractivity contribution is 5.89. The summed E-state index contributed by atoms with van der Waals surface area (Å²) in [5.41, 5.74) is -3.02. The Labute approximate surface area is 77.3 Å². The predicted octanol–water partition coefficient (Wildman–Crippen LogP) is 2.93. The van der Waals surface area contributed by atoms with Crippen LogP contribution in [0.5, 0.6) is 0 Å². The molecule has 0 saturated heterocycles. The number of carbonyl (C=O) groups is 1. The second-order valence-electron chi connectivity index (χ2n) is 2.09. The Morgan fingerprint density at radius 3 is 1.53 bits per heavy atom. The number of aliphatic carboxylic acids is 1. The maximum absolute atomic E-state index is 12.4. The zero-order valence-electron chi connectivity index (χ0n) is 6.50. The minimum Gasteiger partial charge on any atom is -0.478 e. The van der Waals surface area contributed by atoms with Crippen LogP contribution >= 0.6 is 0 Å². The Bertz CT molecular complexity index is 335. The second kappa shape index (κ2) is 4.32. The van der Waals surface area contributed by atoms with Gasteiger partial charge in [0.2, 0.25) is 5.83 Å². The lowest BCUT2D eigenvalue weighted by Crippen LogP contribution is -2.27. The van der Waals surface area contributed by atoms with Gasteiger partial charge in [-0.05, 0) is 0 Å². The molecule has 0 amide bonds. The number of carboxylic acids is 1. The molecule has 0 aliphatic rings. The third-order valence-electron chi connectivity index (χ3n) is 1.16. The molecular formula is C6HF7O2.